The summed E-state index contributed by atoms with van der Waals surface area (Å²) in [6, 6.07) is 12.8. The Morgan fingerprint density at radius 2 is 1.81 bits per heavy atom. The van der Waals surface area contributed by atoms with Crippen molar-refractivity contribution in [3.63, 3.8) is 0 Å². The van der Waals surface area contributed by atoms with Gasteiger partial charge in [0.25, 0.3) is 0 Å². The van der Waals surface area contributed by atoms with E-state index in [1.807, 2.05) is 24.3 Å². The fourth-order valence-corrected chi connectivity index (χ4v) is 3.18. The number of benzene rings is 2. The zero-order chi connectivity index (χ0) is 17.9. The van der Waals surface area contributed by atoms with Crippen LogP contribution in [0.15, 0.2) is 42.5 Å². The minimum Gasteiger partial charge on any atom is -0.454 e. The summed E-state index contributed by atoms with van der Waals surface area (Å²) in [5, 5.41) is 5.62. The maximum absolute atomic E-state index is 12.2. The van der Waals surface area contributed by atoms with E-state index in [2.05, 4.69) is 15.5 Å². The quantitative estimate of drug-likeness (QED) is 0.881. The van der Waals surface area contributed by atoms with Crippen molar-refractivity contribution < 1.29 is 19.0 Å². The standard InChI is InChI=1S/C19H21N3O4/c1-24-16-8-9-22(11-16)15-5-2-13(3-6-15)20-19(23)21-14-4-7-17-18(10-14)26-12-25-17/h2-7,10,16H,8-9,11-12H2,1H3,(H2,20,21,23)/t16-/m0/s1. The molecule has 2 amide bonds. The minimum atomic E-state index is -0.308. The lowest BCUT2D eigenvalue weighted by Crippen LogP contribution is -2.22. The number of fused-ring (bicyclic) bond motifs is 1. The summed E-state index contributed by atoms with van der Waals surface area (Å²) >= 11 is 0. The van der Waals surface area contributed by atoms with Gasteiger partial charge in [-0.3, -0.25) is 0 Å². The molecule has 2 heterocycles. The van der Waals surface area contributed by atoms with Crippen molar-refractivity contribution in [1.29, 1.82) is 0 Å². The Morgan fingerprint density at radius 1 is 1.08 bits per heavy atom. The molecule has 26 heavy (non-hydrogen) atoms. The lowest BCUT2D eigenvalue weighted by Gasteiger charge is -2.18. The number of urea groups is 1. The van der Waals surface area contributed by atoms with Crippen molar-refractivity contribution in [1.82, 2.24) is 0 Å². The summed E-state index contributed by atoms with van der Waals surface area (Å²) in [5.41, 5.74) is 2.51. The fourth-order valence-electron chi connectivity index (χ4n) is 3.18. The SMILES string of the molecule is CO[C@H]1CCN(c2ccc(NC(=O)Nc3ccc4c(c3)OCO4)cc2)C1. The molecule has 136 valence electrons. The number of amides is 2. The maximum Gasteiger partial charge on any atom is 0.323 e. The molecule has 2 aromatic rings. The van der Waals surface area contributed by atoms with E-state index in [0.717, 1.165) is 30.9 Å². The van der Waals surface area contributed by atoms with Crippen LogP contribution in [0.25, 0.3) is 0 Å². The van der Waals surface area contributed by atoms with Crippen LogP contribution in [0, 0.1) is 0 Å². The molecule has 0 spiro atoms. The summed E-state index contributed by atoms with van der Waals surface area (Å²) in [6.07, 6.45) is 1.33. The van der Waals surface area contributed by atoms with Gasteiger partial charge in [-0.05, 0) is 42.8 Å². The third kappa shape index (κ3) is 3.52. The van der Waals surface area contributed by atoms with Gasteiger partial charge in [-0.25, -0.2) is 4.79 Å². The highest BCUT2D eigenvalue weighted by molar-refractivity contribution is 6.00. The maximum atomic E-state index is 12.2. The number of ether oxygens (including phenoxy) is 3. The number of nitrogens with one attached hydrogen (secondary N) is 2. The van der Waals surface area contributed by atoms with Crippen LogP contribution < -0.4 is 25.0 Å². The van der Waals surface area contributed by atoms with Gasteiger partial charge in [-0.2, -0.15) is 0 Å². The zero-order valence-electron chi connectivity index (χ0n) is 14.5. The van der Waals surface area contributed by atoms with Gasteiger partial charge in [0, 0.05) is 43.3 Å². The Labute approximate surface area is 151 Å². The first kappa shape index (κ1) is 16.5. The van der Waals surface area contributed by atoms with Gasteiger partial charge in [-0.1, -0.05) is 0 Å². The van der Waals surface area contributed by atoms with Crippen LogP contribution in [0.2, 0.25) is 0 Å². The Kier molecular flexibility index (Phi) is 4.53. The van der Waals surface area contributed by atoms with Crippen LogP contribution in [0.3, 0.4) is 0 Å². The Hall–Kier alpha value is -2.93. The monoisotopic (exact) mass is 355 g/mol. The molecule has 7 nitrogen and oxygen atoms in total. The summed E-state index contributed by atoms with van der Waals surface area (Å²) in [7, 11) is 1.75. The number of hydrogen-bond donors (Lipinski definition) is 2. The number of rotatable bonds is 4. The number of methoxy groups -OCH3 is 1. The number of carbonyl (C=O) groups excluding carboxylic acids is 1. The molecule has 2 N–H and O–H groups in total. The largest absolute Gasteiger partial charge is 0.454 e. The van der Waals surface area contributed by atoms with Crippen LogP contribution in [-0.4, -0.2) is 39.1 Å². The summed E-state index contributed by atoms with van der Waals surface area (Å²) in [5.74, 6) is 1.32. The number of nitrogens with zero attached hydrogens (tertiary/aromatic N) is 1. The van der Waals surface area contributed by atoms with Crippen molar-refractivity contribution in [2.75, 3.05) is 42.5 Å². The molecule has 2 aromatic carbocycles. The molecular formula is C19H21N3O4. The van der Waals surface area contributed by atoms with E-state index in [-0.39, 0.29) is 12.8 Å². The average Bonchev–Trinajstić information content (AvgIpc) is 3.31. The molecule has 0 saturated carbocycles. The van der Waals surface area contributed by atoms with Crippen LogP contribution in [0.4, 0.5) is 21.9 Å². The predicted molar refractivity (Wildman–Crippen MR) is 99.3 cm³/mol. The molecule has 2 aliphatic heterocycles. The first-order valence-electron chi connectivity index (χ1n) is 8.57. The van der Waals surface area contributed by atoms with Crippen molar-refractivity contribution in [3.8, 4) is 11.5 Å². The molecule has 0 aliphatic carbocycles. The third-order valence-electron chi connectivity index (χ3n) is 4.60. The topological polar surface area (TPSA) is 72.1 Å². The summed E-state index contributed by atoms with van der Waals surface area (Å²) in [6.45, 7) is 2.09. The van der Waals surface area contributed by atoms with E-state index in [1.54, 1.807) is 25.3 Å². The second-order valence-electron chi connectivity index (χ2n) is 6.29. The number of hydrogen-bond acceptors (Lipinski definition) is 5. The van der Waals surface area contributed by atoms with Gasteiger partial charge < -0.3 is 29.7 Å². The molecule has 4 rings (SSSR count). The summed E-state index contributed by atoms with van der Waals surface area (Å²) < 4.78 is 16.0. The summed E-state index contributed by atoms with van der Waals surface area (Å²) in [4.78, 5) is 14.5. The molecule has 1 atom stereocenters. The van der Waals surface area contributed by atoms with E-state index >= 15 is 0 Å². The highest BCUT2D eigenvalue weighted by Gasteiger charge is 2.22. The van der Waals surface area contributed by atoms with Crippen LogP contribution in [0.1, 0.15) is 6.42 Å². The molecule has 0 aromatic heterocycles. The van der Waals surface area contributed by atoms with E-state index in [0.29, 0.717) is 23.3 Å². The van der Waals surface area contributed by atoms with Crippen LogP contribution in [-0.2, 0) is 4.74 Å². The Bertz CT molecular complexity index is 794. The second-order valence-corrected chi connectivity index (χ2v) is 6.29. The van der Waals surface area contributed by atoms with Crippen molar-refractivity contribution in [2.24, 2.45) is 0 Å². The molecule has 0 unspecified atom stereocenters. The number of carbonyl (C=O) groups is 1. The normalized spacial score (nSPS) is 18.0. The average molecular weight is 355 g/mol. The first-order valence-corrected chi connectivity index (χ1v) is 8.57. The fraction of sp³-hybridized carbons (Fsp3) is 0.316. The molecule has 2 aliphatic rings. The van der Waals surface area contributed by atoms with Crippen molar-refractivity contribution in [3.05, 3.63) is 42.5 Å². The van der Waals surface area contributed by atoms with Crippen molar-refractivity contribution in [2.45, 2.75) is 12.5 Å². The zero-order valence-corrected chi connectivity index (χ0v) is 14.5. The van der Waals surface area contributed by atoms with Gasteiger partial charge in [0.1, 0.15) is 0 Å². The van der Waals surface area contributed by atoms with Crippen molar-refractivity contribution >= 4 is 23.1 Å². The number of anilines is 3. The van der Waals surface area contributed by atoms with Crippen LogP contribution in [0.5, 0.6) is 11.5 Å². The molecule has 1 saturated heterocycles. The lowest BCUT2D eigenvalue weighted by atomic mass is 10.2. The highest BCUT2D eigenvalue weighted by atomic mass is 16.7. The van der Waals surface area contributed by atoms with E-state index in [9.17, 15) is 4.79 Å². The third-order valence-corrected chi connectivity index (χ3v) is 4.60. The molecule has 0 bridgehead atoms. The smallest absolute Gasteiger partial charge is 0.323 e. The Morgan fingerprint density at radius 3 is 2.58 bits per heavy atom. The predicted octanol–water partition coefficient (Wildman–Crippen LogP) is 3.28. The lowest BCUT2D eigenvalue weighted by molar-refractivity contribution is 0.121. The van der Waals surface area contributed by atoms with Crippen LogP contribution >= 0.6 is 0 Å². The van der Waals surface area contributed by atoms with E-state index < -0.39 is 0 Å². The van der Waals surface area contributed by atoms with Gasteiger partial charge >= 0.3 is 6.03 Å². The van der Waals surface area contributed by atoms with Gasteiger partial charge in [0.2, 0.25) is 6.79 Å². The van der Waals surface area contributed by atoms with E-state index in [1.165, 1.54) is 0 Å². The second kappa shape index (κ2) is 7.13. The Balaban J connectivity index is 1.34. The minimum absolute atomic E-state index is 0.208. The van der Waals surface area contributed by atoms with E-state index in [4.69, 9.17) is 14.2 Å². The highest BCUT2D eigenvalue weighted by Crippen LogP contribution is 2.34. The van der Waals surface area contributed by atoms with Gasteiger partial charge in [0.05, 0.1) is 6.10 Å². The molecular weight excluding hydrogens is 334 g/mol. The molecule has 1 fully saturated rings. The molecule has 0 radical (unpaired) electrons. The first-order chi connectivity index (χ1) is 12.7. The molecule has 7 heteroatoms. The van der Waals surface area contributed by atoms with Gasteiger partial charge in [0.15, 0.2) is 11.5 Å². The van der Waals surface area contributed by atoms with Gasteiger partial charge in [-0.15, -0.1) is 0 Å².